The third-order valence-corrected chi connectivity index (χ3v) is 3.17. The van der Waals surface area contributed by atoms with Crippen molar-refractivity contribution in [3.8, 4) is 5.69 Å². The van der Waals surface area contributed by atoms with Crippen molar-refractivity contribution in [3.63, 3.8) is 0 Å². The van der Waals surface area contributed by atoms with Gasteiger partial charge < -0.3 is 5.11 Å². The Morgan fingerprint density at radius 3 is 2.71 bits per heavy atom. The maximum atomic E-state index is 14.2. The molecule has 1 aromatic heterocycles. The summed E-state index contributed by atoms with van der Waals surface area (Å²) >= 11 is 0. The molecule has 0 bridgehead atoms. The van der Waals surface area contributed by atoms with Gasteiger partial charge in [-0.05, 0) is 30.7 Å². The van der Waals surface area contributed by atoms with Gasteiger partial charge in [-0.2, -0.15) is 0 Å². The molecule has 106 valence electrons. The molecular weight excluding hydrogens is 280 g/mol. The highest BCUT2D eigenvalue weighted by atomic mass is 19.1. The molecule has 21 heavy (non-hydrogen) atoms. The Morgan fingerprint density at radius 1 is 1.24 bits per heavy atom. The molecule has 1 N–H and O–H groups in total. The Morgan fingerprint density at radius 2 is 2.00 bits per heavy atom. The first kappa shape index (κ1) is 13.2. The number of aromatic carboxylic acids is 1. The van der Waals surface area contributed by atoms with E-state index in [1.54, 1.807) is 0 Å². The molecule has 0 amide bonds. The van der Waals surface area contributed by atoms with Gasteiger partial charge in [0.15, 0.2) is 11.6 Å². The Kier molecular flexibility index (Phi) is 2.90. The van der Waals surface area contributed by atoms with Crippen molar-refractivity contribution in [2.45, 2.75) is 6.92 Å². The zero-order valence-electron chi connectivity index (χ0n) is 10.8. The fraction of sp³-hybridized carbons (Fsp3) is 0.0714. The van der Waals surface area contributed by atoms with E-state index in [2.05, 4.69) is 10.3 Å². The number of benzene rings is 2. The Labute approximate surface area is 117 Å². The first-order chi connectivity index (χ1) is 10.0. The molecule has 5 nitrogen and oxygen atoms in total. The minimum Gasteiger partial charge on any atom is -0.478 e. The lowest BCUT2D eigenvalue weighted by atomic mass is 10.1. The summed E-state index contributed by atoms with van der Waals surface area (Å²) in [6.45, 7) is 1.48. The zero-order chi connectivity index (χ0) is 15.1. The number of nitrogens with zero attached hydrogens (tertiary/aromatic N) is 3. The van der Waals surface area contributed by atoms with Gasteiger partial charge in [0.2, 0.25) is 0 Å². The van der Waals surface area contributed by atoms with Gasteiger partial charge in [0.25, 0.3) is 0 Å². The fourth-order valence-corrected chi connectivity index (χ4v) is 2.14. The summed E-state index contributed by atoms with van der Waals surface area (Å²) in [6, 6.07) is 6.75. The number of rotatable bonds is 2. The smallest absolute Gasteiger partial charge is 0.337 e. The van der Waals surface area contributed by atoms with E-state index in [-0.39, 0.29) is 22.2 Å². The number of aryl methyl sites for hydroxylation is 1. The lowest BCUT2D eigenvalue weighted by Gasteiger charge is -2.08. The van der Waals surface area contributed by atoms with Crippen LogP contribution in [0, 0.1) is 18.6 Å². The van der Waals surface area contributed by atoms with E-state index in [0.29, 0.717) is 0 Å². The average Bonchev–Trinajstić information content (AvgIpc) is 2.87. The van der Waals surface area contributed by atoms with E-state index in [4.69, 9.17) is 0 Å². The Hall–Kier alpha value is -2.83. The van der Waals surface area contributed by atoms with Crippen molar-refractivity contribution in [2.75, 3.05) is 0 Å². The standard InChI is InChI=1S/C14H9F2N3O2/c1-7-5-6-9(15)13(11(7)16)19-12-8(14(20)21)3-2-4-10(12)17-18-19/h2-6H,1H3,(H,20,21). The van der Waals surface area contributed by atoms with Crippen LogP contribution in [0.1, 0.15) is 15.9 Å². The SMILES string of the molecule is Cc1ccc(F)c(-n2nnc3cccc(C(=O)O)c32)c1F. The summed E-state index contributed by atoms with van der Waals surface area (Å²) < 4.78 is 29.1. The predicted octanol–water partition coefficient (Wildman–Crippen LogP) is 2.71. The van der Waals surface area contributed by atoms with Crippen molar-refractivity contribution in [2.24, 2.45) is 0 Å². The van der Waals surface area contributed by atoms with Gasteiger partial charge in [-0.1, -0.05) is 17.3 Å². The van der Waals surface area contributed by atoms with Crippen LogP contribution in [0.15, 0.2) is 30.3 Å². The Balaban J connectivity index is 2.42. The van der Waals surface area contributed by atoms with Crippen LogP contribution in [-0.4, -0.2) is 26.1 Å². The second kappa shape index (κ2) is 4.62. The molecule has 7 heteroatoms. The minimum absolute atomic E-state index is 0.0494. The summed E-state index contributed by atoms with van der Waals surface area (Å²) in [5.74, 6) is -2.87. The van der Waals surface area contributed by atoms with Gasteiger partial charge in [-0.25, -0.2) is 18.3 Å². The molecule has 2 aromatic carbocycles. The second-order valence-corrected chi connectivity index (χ2v) is 4.51. The maximum Gasteiger partial charge on any atom is 0.337 e. The van der Waals surface area contributed by atoms with E-state index >= 15 is 0 Å². The van der Waals surface area contributed by atoms with Gasteiger partial charge in [0.05, 0.1) is 5.56 Å². The van der Waals surface area contributed by atoms with E-state index in [1.807, 2.05) is 0 Å². The van der Waals surface area contributed by atoms with Crippen LogP contribution in [0.3, 0.4) is 0 Å². The van der Waals surface area contributed by atoms with Crippen molar-refractivity contribution in [3.05, 3.63) is 53.1 Å². The molecule has 0 aliphatic carbocycles. The molecule has 3 aromatic rings. The molecule has 0 radical (unpaired) electrons. The van der Waals surface area contributed by atoms with Crippen molar-refractivity contribution in [1.29, 1.82) is 0 Å². The average molecular weight is 289 g/mol. The summed E-state index contributed by atoms with van der Waals surface area (Å²) in [4.78, 5) is 11.3. The molecule has 0 aliphatic heterocycles. The molecule has 0 saturated heterocycles. The number of fused-ring (bicyclic) bond motifs is 1. The monoisotopic (exact) mass is 289 g/mol. The predicted molar refractivity (Wildman–Crippen MR) is 70.5 cm³/mol. The largest absolute Gasteiger partial charge is 0.478 e. The van der Waals surface area contributed by atoms with Gasteiger partial charge >= 0.3 is 5.97 Å². The third-order valence-electron chi connectivity index (χ3n) is 3.17. The van der Waals surface area contributed by atoms with Crippen LogP contribution in [0.5, 0.6) is 0 Å². The summed E-state index contributed by atoms with van der Waals surface area (Å²) in [5, 5.41) is 16.7. The first-order valence-corrected chi connectivity index (χ1v) is 6.03. The number of hydrogen-bond acceptors (Lipinski definition) is 3. The molecule has 0 saturated carbocycles. The van der Waals surface area contributed by atoms with E-state index < -0.39 is 23.3 Å². The van der Waals surface area contributed by atoms with Crippen LogP contribution in [0.4, 0.5) is 8.78 Å². The normalized spacial score (nSPS) is 11.0. The quantitative estimate of drug-likeness (QED) is 0.787. The highest BCUT2D eigenvalue weighted by molar-refractivity contribution is 6.01. The number of halogens is 2. The van der Waals surface area contributed by atoms with E-state index in [1.165, 1.54) is 31.2 Å². The van der Waals surface area contributed by atoms with Gasteiger partial charge in [0.1, 0.15) is 16.7 Å². The van der Waals surface area contributed by atoms with E-state index in [9.17, 15) is 18.7 Å². The van der Waals surface area contributed by atoms with Gasteiger partial charge in [-0.15, -0.1) is 5.10 Å². The Bertz CT molecular complexity index is 874. The van der Waals surface area contributed by atoms with E-state index in [0.717, 1.165) is 10.7 Å². The number of hydrogen-bond donors (Lipinski definition) is 1. The number of para-hydroxylation sites is 1. The molecule has 0 unspecified atom stereocenters. The van der Waals surface area contributed by atoms with Crippen molar-refractivity contribution >= 4 is 17.0 Å². The van der Waals surface area contributed by atoms with Crippen LogP contribution < -0.4 is 0 Å². The summed E-state index contributed by atoms with van der Waals surface area (Å²) in [5.41, 5.74) is -0.0459. The molecule has 3 rings (SSSR count). The highest BCUT2D eigenvalue weighted by Crippen LogP contribution is 2.25. The zero-order valence-corrected chi connectivity index (χ0v) is 10.8. The van der Waals surface area contributed by atoms with Gasteiger partial charge in [0, 0.05) is 0 Å². The number of carboxylic acids is 1. The van der Waals surface area contributed by atoms with Crippen LogP contribution in [0.2, 0.25) is 0 Å². The lowest BCUT2D eigenvalue weighted by Crippen LogP contribution is -2.08. The topological polar surface area (TPSA) is 68.0 Å². The minimum atomic E-state index is -1.22. The van der Waals surface area contributed by atoms with Gasteiger partial charge in [-0.3, -0.25) is 0 Å². The van der Waals surface area contributed by atoms with Crippen LogP contribution in [0.25, 0.3) is 16.7 Å². The highest BCUT2D eigenvalue weighted by Gasteiger charge is 2.21. The molecule has 0 atom stereocenters. The number of aromatic nitrogens is 3. The molecular formula is C14H9F2N3O2. The molecule has 0 aliphatic rings. The van der Waals surface area contributed by atoms with Crippen molar-refractivity contribution < 1.29 is 18.7 Å². The number of carbonyl (C=O) groups is 1. The van der Waals surface area contributed by atoms with Crippen molar-refractivity contribution in [1.82, 2.24) is 15.0 Å². The van der Waals surface area contributed by atoms with Crippen LogP contribution >= 0.6 is 0 Å². The fourth-order valence-electron chi connectivity index (χ4n) is 2.14. The lowest BCUT2D eigenvalue weighted by molar-refractivity contribution is 0.0698. The maximum absolute atomic E-state index is 14.2. The van der Waals surface area contributed by atoms with Crippen LogP contribution in [-0.2, 0) is 0 Å². The first-order valence-electron chi connectivity index (χ1n) is 6.03. The number of carboxylic acid groups (broad SMARTS) is 1. The second-order valence-electron chi connectivity index (χ2n) is 4.51. The third kappa shape index (κ3) is 1.94. The molecule has 0 fully saturated rings. The summed E-state index contributed by atoms with van der Waals surface area (Å²) in [7, 11) is 0. The molecule has 1 heterocycles. The summed E-state index contributed by atoms with van der Waals surface area (Å²) in [6.07, 6.45) is 0. The molecule has 0 spiro atoms.